The van der Waals surface area contributed by atoms with Gasteiger partial charge in [-0.1, -0.05) is 0 Å². The molecule has 26 heavy (non-hydrogen) atoms. The molecule has 9 heteroatoms. The van der Waals surface area contributed by atoms with Gasteiger partial charge in [0.05, 0.1) is 29.7 Å². The van der Waals surface area contributed by atoms with E-state index in [0.717, 1.165) is 23.2 Å². The van der Waals surface area contributed by atoms with Gasteiger partial charge in [0.2, 0.25) is 5.91 Å². The van der Waals surface area contributed by atoms with Gasteiger partial charge in [0.1, 0.15) is 11.6 Å². The van der Waals surface area contributed by atoms with Crippen molar-refractivity contribution in [2.24, 2.45) is 7.05 Å². The molecule has 3 aromatic rings. The van der Waals surface area contributed by atoms with E-state index in [-0.39, 0.29) is 12.1 Å². The van der Waals surface area contributed by atoms with E-state index in [1.165, 1.54) is 6.20 Å². The first-order valence-electron chi connectivity index (χ1n) is 7.67. The Labute approximate surface area is 147 Å². The van der Waals surface area contributed by atoms with E-state index in [1.54, 1.807) is 17.8 Å². The zero-order chi connectivity index (χ0) is 18.8. The van der Waals surface area contributed by atoms with Gasteiger partial charge in [-0.2, -0.15) is 5.10 Å². The summed E-state index contributed by atoms with van der Waals surface area (Å²) < 4.78 is 28.0. The predicted octanol–water partition coefficient (Wildman–Crippen LogP) is 1.92. The third-order valence-corrected chi connectivity index (χ3v) is 3.73. The quantitative estimate of drug-likeness (QED) is 0.745. The molecule has 2 aromatic heterocycles. The SMILES string of the molecule is Cc1nn(C)c2ncc(NC(=O)CNC(=O)c3ccc(F)cc3F)cc12. The van der Waals surface area contributed by atoms with E-state index in [9.17, 15) is 18.4 Å². The lowest BCUT2D eigenvalue weighted by atomic mass is 10.2. The van der Waals surface area contributed by atoms with Crippen LogP contribution in [0.5, 0.6) is 0 Å². The van der Waals surface area contributed by atoms with Crippen molar-refractivity contribution in [2.75, 3.05) is 11.9 Å². The normalized spacial score (nSPS) is 10.8. The molecule has 2 N–H and O–H groups in total. The number of aromatic nitrogens is 3. The second-order valence-electron chi connectivity index (χ2n) is 5.66. The molecule has 0 aliphatic carbocycles. The number of fused-ring (bicyclic) bond motifs is 1. The first kappa shape index (κ1) is 17.5. The highest BCUT2D eigenvalue weighted by Gasteiger charge is 2.14. The van der Waals surface area contributed by atoms with Crippen LogP contribution >= 0.6 is 0 Å². The number of carbonyl (C=O) groups excluding carboxylic acids is 2. The van der Waals surface area contributed by atoms with Gasteiger partial charge in [0, 0.05) is 18.5 Å². The molecule has 0 spiro atoms. The summed E-state index contributed by atoms with van der Waals surface area (Å²) in [6.45, 7) is 1.45. The molecule has 2 heterocycles. The minimum atomic E-state index is -0.996. The molecule has 0 bridgehead atoms. The smallest absolute Gasteiger partial charge is 0.254 e. The molecule has 0 saturated heterocycles. The van der Waals surface area contributed by atoms with E-state index in [4.69, 9.17) is 0 Å². The number of halogens is 2. The summed E-state index contributed by atoms with van der Waals surface area (Å²) in [5, 5.41) is 9.91. The monoisotopic (exact) mass is 359 g/mol. The Hall–Kier alpha value is -3.36. The number of anilines is 1. The maximum atomic E-state index is 13.5. The maximum absolute atomic E-state index is 13.5. The molecule has 0 saturated carbocycles. The van der Waals surface area contributed by atoms with Crippen molar-refractivity contribution in [3.63, 3.8) is 0 Å². The van der Waals surface area contributed by atoms with Gasteiger partial charge in [0.25, 0.3) is 5.91 Å². The fourth-order valence-electron chi connectivity index (χ4n) is 2.51. The number of aryl methyl sites for hydroxylation is 2. The maximum Gasteiger partial charge on any atom is 0.254 e. The van der Waals surface area contributed by atoms with Crippen molar-refractivity contribution < 1.29 is 18.4 Å². The minimum Gasteiger partial charge on any atom is -0.343 e. The molecular weight excluding hydrogens is 344 g/mol. The highest BCUT2D eigenvalue weighted by molar-refractivity contribution is 6.00. The number of carbonyl (C=O) groups is 2. The van der Waals surface area contributed by atoms with Crippen LogP contribution in [0, 0.1) is 18.6 Å². The van der Waals surface area contributed by atoms with Gasteiger partial charge in [0.15, 0.2) is 5.65 Å². The molecule has 0 aliphatic heterocycles. The lowest BCUT2D eigenvalue weighted by Gasteiger charge is -2.08. The van der Waals surface area contributed by atoms with Crippen LogP contribution in [0.1, 0.15) is 16.1 Å². The largest absolute Gasteiger partial charge is 0.343 e. The molecule has 0 atom stereocenters. The Morgan fingerprint density at radius 3 is 2.73 bits per heavy atom. The van der Waals surface area contributed by atoms with Gasteiger partial charge in [-0.3, -0.25) is 14.3 Å². The topological polar surface area (TPSA) is 88.9 Å². The van der Waals surface area contributed by atoms with Crippen LogP contribution in [-0.2, 0) is 11.8 Å². The first-order chi connectivity index (χ1) is 12.3. The molecule has 0 unspecified atom stereocenters. The summed E-state index contributed by atoms with van der Waals surface area (Å²) in [4.78, 5) is 28.1. The van der Waals surface area contributed by atoms with Crippen LogP contribution in [-0.4, -0.2) is 33.1 Å². The molecular formula is C17H15F2N5O2. The van der Waals surface area contributed by atoms with E-state index < -0.39 is 23.4 Å². The summed E-state index contributed by atoms with van der Waals surface area (Å²) >= 11 is 0. The number of rotatable bonds is 4. The van der Waals surface area contributed by atoms with Crippen molar-refractivity contribution in [3.8, 4) is 0 Å². The van der Waals surface area contributed by atoms with E-state index in [2.05, 4.69) is 20.7 Å². The average Bonchev–Trinajstić information content (AvgIpc) is 2.86. The average molecular weight is 359 g/mol. The summed E-state index contributed by atoms with van der Waals surface area (Å²) in [6.07, 6.45) is 1.48. The van der Waals surface area contributed by atoms with Crippen LogP contribution in [0.3, 0.4) is 0 Å². The first-order valence-corrected chi connectivity index (χ1v) is 7.67. The molecule has 7 nitrogen and oxygen atoms in total. The Morgan fingerprint density at radius 1 is 1.23 bits per heavy atom. The Morgan fingerprint density at radius 2 is 2.00 bits per heavy atom. The Balaban J connectivity index is 1.64. The molecule has 3 rings (SSSR count). The van der Waals surface area contributed by atoms with Gasteiger partial charge in [-0.25, -0.2) is 13.8 Å². The second-order valence-corrected chi connectivity index (χ2v) is 5.66. The molecule has 2 amide bonds. The highest BCUT2D eigenvalue weighted by Crippen LogP contribution is 2.19. The van der Waals surface area contributed by atoms with Crippen LogP contribution in [0.2, 0.25) is 0 Å². The summed E-state index contributed by atoms with van der Waals surface area (Å²) in [7, 11) is 1.77. The van der Waals surface area contributed by atoms with Gasteiger partial charge < -0.3 is 10.6 Å². The number of nitrogens with one attached hydrogen (secondary N) is 2. The summed E-state index contributed by atoms with van der Waals surface area (Å²) in [6, 6.07) is 4.31. The Kier molecular flexibility index (Phi) is 4.61. The summed E-state index contributed by atoms with van der Waals surface area (Å²) in [5.41, 5.74) is 1.56. The molecule has 0 aliphatic rings. The zero-order valence-electron chi connectivity index (χ0n) is 14.0. The lowest BCUT2D eigenvalue weighted by molar-refractivity contribution is -0.115. The zero-order valence-corrected chi connectivity index (χ0v) is 14.0. The number of benzene rings is 1. The van der Waals surface area contributed by atoms with Crippen LogP contribution in [0.15, 0.2) is 30.5 Å². The van der Waals surface area contributed by atoms with Crippen molar-refractivity contribution >= 4 is 28.5 Å². The lowest BCUT2D eigenvalue weighted by Crippen LogP contribution is -2.33. The van der Waals surface area contributed by atoms with Gasteiger partial charge >= 0.3 is 0 Å². The van der Waals surface area contributed by atoms with Crippen molar-refractivity contribution in [3.05, 3.63) is 53.4 Å². The van der Waals surface area contributed by atoms with E-state index >= 15 is 0 Å². The molecule has 1 aromatic carbocycles. The number of amides is 2. The fourth-order valence-corrected chi connectivity index (χ4v) is 2.51. The fraction of sp³-hybridized carbons (Fsp3) is 0.176. The minimum absolute atomic E-state index is 0.340. The van der Waals surface area contributed by atoms with E-state index in [1.807, 2.05) is 6.92 Å². The van der Waals surface area contributed by atoms with Gasteiger partial charge in [-0.05, 0) is 25.1 Å². The van der Waals surface area contributed by atoms with Crippen LogP contribution in [0.25, 0.3) is 11.0 Å². The number of hydrogen-bond acceptors (Lipinski definition) is 4. The van der Waals surface area contributed by atoms with Crippen molar-refractivity contribution in [1.82, 2.24) is 20.1 Å². The predicted molar refractivity (Wildman–Crippen MR) is 90.6 cm³/mol. The van der Waals surface area contributed by atoms with Crippen molar-refractivity contribution in [1.29, 1.82) is 0 Å². The van der Waals surface area contributed by atoms with E-state index in [0.29, 0.717) is 17.4 Å². The number of nitrogens with zero attached hydrogens (tertiary/aromatic N) is 3. The Bertz CT molecular complexity index is 1020. The third-order valence-electron chi connectivity index (χ3n) is 3.73. The van der Waals surface area contributed by atoms with Gasteiger partial charge in [-0.15, -0.1) is 0 Å². The highest BCUT2D eigenvalue weighted by atomic mass is 19.1. The molecule has 0 radical (unpaired) electrons. The van der Waals surface area contributed by atoms with Crippen LogP contribution < -0.4 is 10.6 Å². The van der Waals surface area contributed by atoms with Crippen LogP contribution in [0.4, 0.5) is 14.5 Å². The molecule has 0 fully saturated rings. The standard InChI is InChI=1S/C17H15F2N5O2/c1-9-13-6-11(7-20-16(13)24(2)23-9)22-15(25)8-21-17(26)12-4-3-10(18)5-14(12)19/h3-7H,8H2,1-2H3,(H,21,26)(H,22,25). The number of pyridine rings is 1. The van der Waals surface area contributed by atoms with Crippen molar-refractivity contribution in [2.45, 2.75) is 6.92 Å². The third kappa shape index (κ3) is 3.51. The number of hydrogen-bond donors (Lipinski definition) is 2. The second kappa shape index (κ2) is 6.87. The summed E-state index contributed by atoms with van der Waals surface area (Å²) in [5.74, 6) is -3.10. The molecule has 134 valence electrons.